The van der Waals surface area contributed by atoms with E-state index in [2.05, 4.69) is 15.9 Å². The molecular formula is C18H14BrF3N2O3S. The number of alkyl halides is 3. The van der Waals surface area contributed by atoms with E-state index in [0.717, 1.165) is 30.3 Å². The molecular weight excluding hydrogens is 461 g/mol. The summed E-state index contributed by atoms with van der Waals surface area (Å²) >= 11 is 3.09. The highest BCUT2D eigenvalue weighted by Crippen LogP contribution is 2.32. The summed E-state index contributed by atoms with van der Waals surface area (Å²) in [6.45, 7) is 2.78. The van der Waals surface area contributed by atoms with E-state index in [1.54, 1.807) is 0 Å². The van der Waals surface area contributed by atoms with Crippen LogP contribution in [0.1, 0.15) is 30.5 Å². The van der Waals surface area contributed by atoms with Crippen molar-refractivity contribution in [1.29, 1.82) is 5.26 Å². The van der Waals surface area contributed by atoms with Crippen LogP contribution in [0.5, 0.6) is 0 Å². The zero-order valence-electron chi connectivity index (χ0n) is 14.6. The Bertz CT molecular complexity index is 1060. The van der Waals surface area contributed by atoms with Crippen LogP contribution in [0.15, 0.2) is 51.8 Å². The molecule has 1 amide bonds. The summed E-state index contributed by atoms with van der Waals surface area (Å²) in [5, 5.41) is 8.96. The van der Waals surface area contributed by atoms with Crippen LogP contribution in [0.25, 0.3) is 0 Å². The van der Waals surface area contributed by atoms with Gasteiger partial charge in [0.25, 0.3) is 10.0 Å². The average molecular weight is 475 g/mol. The molecule has 0 aliphatic rings. The SMILES string of the molecule is CC(C)(C(=O)NS(=O)(=O)c1cc(Br)cc(C#N)c1)c1ccc(C(F)(F)F)cc1. The summed E-state index contributed by atoms with van der Waals surface area (Å²) in [6, 6.07) is 9.45. The Morgan fingerprint density at radius 1 is 1.07 bits per heavy atom. The fourth-order valence-corrected chi connectivity index (χ4v) is 4.12. The monoisotopic (exact) mass is 474 g/mol. The van der Waals surface area contributed by atoms with Crippen molar-refractivity contribution < 1.29 is 26.4 Å². The Hall–Kier alpha value is -2.38. The summed E-state index contributed by atoms with van der Waals surface area (Å²) in [6.07, 6.45) is -4.52. The number of carbonyl (C=O) groups is 1. The van der Waals surface area contributed by atoms with Crippen molar-refractivity contribution >= 4 is 31.9 Å². The fraction of sp³-hybridized carbons (Fsp3) is 0.222. The maximum atomic E-state index is 12.7. The third-order valence-corrected chi connectivity index (χ3v) is 5.81. The van der Waals surface area contributed by atoms with Gasteiger partial charge in [-0.05, 0) is 49.7 Å². The normalized spacial score (nSPS) is 12.3. The predicted octanol–water partition coefficient (Wildman–Crippen LogP) is 4.12. The van der Waals surface area contributed by atoms with Gasteiger partial charge in [-0.15, -0.1) is 0 Å². The first-order valence-electron chi connectivity index (χ1n) is 7.73. The van der Waals surface area contributed by atoms with Crippen molar-refractivity contribution in [3.05, 3.63) is 63.6 Å². The highest BCUT2D eigenvalue weighted by molar-refractivity contribution is 9.10. The van der Waals surface area contributed by atoms with Crippen LogP contribution in [-0.4, -0.2) is 14.3 Å². The lowest BCUT2D eigenvalue weighted by molar-refractivity contribution is -0.137. The molecule has 0 saturated heterocycles. The molecule has 5 nitrogen and oxygen atoms in total. The van der Waals surface area contributed by atoms with Crippen LogP contribution in [0, 0.1) is 11.3 Å². The second-order valence-corrected chi connectivity index (χ2v) is 9.02. The van der Waals surface area contributed by atoms with Crippen molar-refractivity contribution in [2.75, 3.05) is 0 Å². The maximum Gasteiger partial charge on any atom is 0.416 e. The number of amides is 1. The predicted molar refractivity (Wildman–Crippen MR) is 98.7 cm³/mol. The molecule has 0 unspecified atom stereocenters. The first-order chi connectivity index (χ1) is 12.8. The minimum absolute atomic E-state index is 0.0733. The average Bonchev–Trinajstić information content (AvgIpc) is 2.60. The van der Waals surface area contributed by atoms with Crippen LogP contribution < -0.4 is 4.72 Å². The van der Waals surface area contributed by atoms with Gasteiger partial charge >= 0.3 is 6.18 Å². The van der Waals surface area contributed by atoms with Crippen molar-refractivity contribution in [3.63, 3.8) is 0 Å². The quantitative estimate of drug-likeness (QED) is 0.721. The molecule has 0 saturated carbocycles. The zero-order chi connectivity index (χ0) is 21.3. The number of nitriles is 1. The molecule has 0 heterocycles. The number of rotatable bonds is 4. The van der Waals surface area contributed by atoms with E-state index in [9.17, 15) is 26.4 Å². The molecule has 148 valence electrons. The van der Waals surface area contributed by atoms with Gasteiger partial charge in [-0.25, -0.2) is 13.1 Å². The standard InChI is InChI=1S/C18H14BrF3N2O3S/c1-17(2,12-3-5-13(6-4-12)18(20,21)22)16(25)24-28(26,27)15-8-11(10-23)7-14(19)9-15/h3-9H,1-2H3,(H,24,25). The Labute approximate surface area is 168 Å². The zero-order valence-corrected chi connectivity index (χ0v) is 17.0. The van der Waals surface area contributed by atoms with Gasteiger partial charge in [0.15, 0.2) is 0 Å². The van der Waals surface area contributed by atoms with E-state index in [1.165, 1.54) is 26.0 Å². The number of carbonyl (C=O) groups excluding carboxylic acids is 1. The van der Waals surface area contributed by atoms with Crippen molar-refractivity contribution in [2.24, 2.45) is 0 Å². The van der Waals surface area contributed by atoms with Gasteiger partial charge in [-0.2, -0.15) is 18.4 Å². The van der Waals surface area contributed by atoms with Gasteiger partial charge < -0.3 is 0 Å². The van der Waals surface area contributed by atoms with Gasteiger partial charge in [-0.3, -0.25) is 4.79 Å². The molecule has 0 atom stereocenters. The number of hydrogen-bond acceptors (Lipinski definition) is 4. The lowest BCUT2D eigenvalue weighted by atomic mass is 9.83. The maximum absolute atomic E-state index is 12.7. The van der Waals surface area contributed by atoms with E-state index in [4.69, 9.17) is 5.26 Å². The van der Waals surface area contributed by atoms with Crippen LogP contribution in [0.4, 0.5) is 13.2 Å². The van der Waals surface area contributed by atoms with Gasteiger partial charge in [-0.1, -0.05) is 28.1 Å². The highest BCUT2D eigenvalue weighted by atomic mass is 79.9. The minimum Gasteiger partial charge on any atom is -0.273 e. The molecule has 0 aliphatic carbocycles. The smallest absolute Gasteiger partial charge is 0.273 e. The van der Waals surface area contributed by atoms with Crippen LogP contribution in [0.2, 0.25) is 0 Å². The topological polar surface area (TPSA) is 87.0 Å². The first kappa shape index (κ1) is 21.9. The summed E-state index contributed by atoms with van der Waals surface area (Å²) in [5.41, 5.74) is -2.02. The van der Waals surface area contributed by atoms with Gasteiger partial charge in [0, 0.05) is 4.47 Å². The second kappa shape index (κ2) is 7.56. The summed E-state index contributed by atoms with van der Waals surface area (Å²) in [7, 11) is -4.30. The van der Waals surface area contributed by atoms with Crippen LogP contribution >= 0.6 is 15.9 Å². The number of nitrogens with one attached hydrogen (secondary N) is 1. The Balaban J connectivity index is 2.32. The molecule has 2 aromatic carbocycles. The molecule has 0 spiro atoms. The Morgan fingerprint density at radius 3 is 2.11 bits per heavy atom. The van der Waals surface area contributed by atoms with Crippen molar-refractivity contribution in [2.45, 2.75) is 30.3 Å². The number of halogens is 4. The number of benzene rings is 2. The van der Waals surface area contributed by atoms with E-state index < -0.39 is 33.1 Å². The molecule has 10 heteroatoms. The van der Waals surface area contributed by atoms with Crippen LogP contribution in [0.3, 0.4) is 0 Å². The molecule has 0 fully saturated rings. The van der Waals surface area contributed by atoms with E-state index >= 15 is 0 Å². The summed E-state index contributed by atoms with van der Waals surface area (Å²) < 4.78 is 65.4. The molecule has 0 radical (unpaired) electrons. The molecule has 0 aromatic heterocycles. The van der Waals surface area contributed by atoms with Gasteiger partial charge in [0.1, 0.15) is 0 Å². The van der Waals surface area contributed by atoms with Gasteiger partial charge in [0.05, 0.1) is 27.5 Å². The third kappa shape index (κ3) is 4.72. The van der Waals surface area contributed by atoms with E-state index in [0.29, 0.717) is 4.47 Å². The molecule has 1 N–H and O–H groups in total. The first-order valence-corrected chi connectivity index (χ1v) is 10.0. The minimum atomic E-state index is -4.52. The third-order valence-electron chi connectivity index (χ3n) is 4.04. The highest BCUT2D eigenvalue weighted by Gasteiger charge is 2.35. The van der Waals surface area contributed by atoms with E-state index in [-0.39, 0.29) is 16.0 Å². The van der Waals surface area contributed by atoms with E-state index in [1.807, 2.05) is 10.8 Å². The largest absolute Gasteiger partial charge is 0.416 e. The summed E-state index contributed by atoms with van der Waals surface area (Å²) in [4.78, 5) is 12.3. The molecule has 0 aliphatic heterocycles. The number of sulfonamides is 1. The Kier molecular flexibility index (Phi) is 5.92. The molecule has 28 heavy (non-hydrogen) atoms. The Morgan fingerprint density at radius 2 is 1.61 bits per heavy atom. The molecule has 2 aromatic rings. The van der Waals surface area contributed by atoms with Crippen LogP contribution in [-0.2, 0) is 26.4 Å². The van der Waals surface area contributed by atoms with Crippen molar-refractivity contribution in [3.8, 4) is 6.07 Å². The fourth-order valence-electron chi connectivity index (χ4n) is 2.30. The molecule has 0 bridgehead atoms. The lowest BCUT2D eigenvalue weighted by Gasteiger charge is -2.24. The van der Waals surface area contributed by atoms with Gasteiger partial charge in [0.2, 0.25) is 5.91 Å². The second-order valence-electron chi connectivity index (χ2n) is 6.42. The van der Waals surface area contributed by atoms with Crippen molar-refractivity contribution in [1.82, 2.24) is 4.72 Å². The number of hydrogen-bond donors (Lipinski definition) is 1. The lowest BCUT2D eigenvalue weighted by Crippen LogP contribution is -2.43. The summed E-state index contributed by atoms with van der Waals surface area (Å²) in [5.74, 6) is -0.925. The number of nitrogens with zero attached hydrogens (tertiary/aromatic N) is 1. The molecule has 2 rings (SSSR count).